The summed E-state index contributed by atoms with van der Waals surface area (Å²) in [5, 5.41) is 0. The second-order valence-corrected chi connectivity index (χ2v) is 14.6. The first kappa shape index (κ1) is 47.5. The maximum absolute atomic E-state index is 12.6. The molecule has 0 aromatic rings. The molecule has 0 radical (unpaired) electrons. The van der Waals surface area contributed by atoms with Crippen LogP contribution in [0.3, 0.4) is 0 Å². The van der Waals surface area contributed by atoms with Crippen LogP contribution >= 0.6 is 0 Å². The van der Waals surface area contributed by atoms with Crippen LogP contribution < -0.4 is 0 Å². The summed E-state index contributed by atoms with van der Waals surface area (Å²) >= 11 is 0. The van der Waals surface area contributed by atoms with Crippen LogP contribution in [0, 0.1) is 0 Å². The quantitative estimate of drug-likeness (QED) is 0.0471. The van der Waals surface area contributed by atoms with Crippen LogP contribution in [-0.4, -0.2) is 25.2 Å². The summed E-state index contributed by atoms with van der Waals surface area (Å²) in [4.78, 5) is 37.8. The van der Waals surface area contributed by atoms with E-state index in [1.54, 1.807) is 0 Å². The van der Waals surface area contributed by atoms with Crippen molar-refractivity contribution in [3.8, 4) is 0 Å². The Morgan fingerprint density at radius 3 is 0.633 bits per heavy atom. The largest absolute Gasteiger partial charge is 0.870 e. The number of carbonyl (C=O) groups is 3. The van der Waals surface area contributed by atoms with Crippen molar-refractivity contribution in [3.63, 3.8) is 0 Å². The second-order valence-electron chi connectivity index (χ2n) is 14.6. The molecule has 0 rings (SSSR count). The molecule has 49 heavy (non-hydrogen) atoms. The summed E-state index contributed by atoms with van der Waals surface area (Å²) in [6.07, 6.45) is 40.2. The van der Waals surface area contributed by atoms with Gasteiger partial charge in [0.25, 0.3) is 17.9 Å². The average molecular weight is 693 g/mol. The summed E-state index contributed by atoms with van der Waals surface area (Å²) < 4.78 is 16.1. The lowest BCUT2D eigenvalue weighted by Gasteiger charge is -2.14. The zero-order valence-electron chi connectivity index (χ0n) is 33.0. The van der Waals surface area contributed by atoms with Gasteiger partial charge in [0.15, 0.2) is 0 Å². The third-order valence-corrected chi connectivity index (χ3v) is 9.64. The highest BCUT2D eigenvalue weighted by molar-refractivity contribution is 6.44. The Hall–Kier alpha value is -1.53. The van der Waals surface area contributed by atoms with Crippen LogP contribution in [0.15, 0.2) is 0 Å². The lowest BCUT2D eigenvalue weighted by Crippen LogP contribution is -2.34. The fourth-order valence-corrected chi connectivity index (χ4v) is 6.37. The van der Waals surface area contributed by atoms with Gasteiger partial charge in [-0.2, -0.15) is 0 Å². The molecule has 0 fully saturated rings. The predicted molar refractivity (Wildman–Crippen MR) is 207 cm³/mol. The van der Waals surface area contributed by atoms with Crippen LogP contribution in [0.5, 0.6) is 0 Å². The van der Waals surface area contributed by atoms with Gasteiger partial charge >= 0.3 is 7.32 Å². The van der Waals surface area contributed by atoms with E-state index in [-0.39, 0.29) is 19.3 Å². The lowest BCUT2D eigenvalue weighted by molar-refractivity contribution is -0.148. The zero-order valence-corrected chi connectivity index (χ0v) is 33.0. The summed E-state index contributed by atoms with van der Waals surface area (Å²) in [5.74, 6) is -1.44. The molecule has 0 N–H and O–H groups in total. The summed E-state index contributed by atoms with van der Waals surface area (Å²) in [7, 11) is -1.58. The molecule has 0 atom stereocenters. The molecular weight excluding hydrogens is 611 g/mol. The van der Waals surface area contributed by atoms with Gasteiger partial charge in [-0.05, 0) is 19.3 Å². The van der Waals surface area contributed by atoms with E-state index < -0.39 is 25.2 Å². The number of hydrogen-bond donors (Lipinski definition) is 0. The van der Waals surface area contributed by atoms with E-state index in [1.165, 1.54) is 154 Å². The van der Waals surface area contributed by atoms with E-state index in [0.717, 1.165) is 57.8 Å². The van der Waals surface area contributed by atoms with Crippen molar-refractivity contribution < 1.29 is 28.3 Å². The van der Waals surface area contributed by atoms with Gasteiger partial charge in [-0.1, -0.05) is 213 Å². The minimum atomic E-state index is -1.58. The van der Waals surface area contributed by atoms with Gasteiger partial charge in [0.1, 0.15) is 0 Å². The van der Waals surface area contributed by atoms with E-state index in [0.29, 0.717) is 0 Å². The molecule has 6 nitrogen and oxygen atoms in total. The lowest BCUT2D eigenvalue weighted by atomic mass is 10.0. The van der Waals surface area contributed by atoms with Crippen LogP contribution in [0.2, 0.25) is 0 Å². The Labute approximate surface area is 304 Å². The number of rotatable bonds is 39. The van der Waals surface area contributed by atoms with Gasteiger partial charge in [0, 0.05) is 19.3 Å². The maximum Gasteiger partial charge on any atom is 0.870 e. The summed E-state index contributed by atoms with van der Waals surface area (Å²) in [6.45, 7) is 6.74. The van der Waals surface area contributed by atoms with E-state index >= 15 is 0 Å². The molecule has 0 aromatic carbocycles. The highest BCUT2D eigenvalue weighted by Gasteiger charge is 2.35. The third-order valence-electron chi connectivity index (χ3n) is 9.64. The van der Waals surface area contributed by atoms with Crippen molar-refractivity contribution in [1.29, 1.82) is 0 Å². The molecule has 0 amide bonds. The predicted octanol–water partition coefficient (Wildman–Crippen LogP) is 13.7. The molecule has 0 aromatic heterocycles. The topological polar surface area (TPSA) is 78.9 Å². The molecule has 0 aliphatic carbocycles. The van der Waals surface area contributed by atoms with E-state index in [4.69, 9.17) is 14.0 Å². The molecule has 0 spiro atoms. The highest BCUT2D eigenvalue weighted by atomic mass is 16.8. The molecule has 7 heteroatoms. The Kier molecular flexibility index (Phi) is 38.0. The SMILES string of the molecule is CCCCCCCCCCCCCC(=O)OB(OC(=O)CCCCCCCCCCCCC)OC(=O)CCCCCCCCCCCCC. The number of unbranched alkanes of at least 4 members (excludes halogenated alkanes) is 30. The van der Waals surface area contributed by atoms with Gasteiger partial charge in [0.05, 0.1) is 0 Å². The van der Waals surface area contributed by atoms with Gasteiger partial charge in [-0.3, -0.25) is 14.4 Å². The maximum atomic E-state index is 12.6. The minimum Gasteiger partial charge on any atom is -0.462 e. The van der Waals surface area contributed by atoms with E-state index in [1.807, 2.05) is 0 Å². The van der Waals surface area contributed by atoms with Crippen LogP contribution in [0.4, 0.5) is 0 Å². The van der Waals surface area contributed by atoms with E-state index in [2.05, 4.69) is 20.8 Å². The fourth-order valence-electron chi connectivity index (χ4n) is 6.37. The molecule has 0 saturated heterocycles. The first-order valence-corrected chi connectivity index (χ1v) is 21.6. The second kappa shape index (κ2) is 39.3. The van der Waals surface area contributed by atoms with Crippen LogP contribution in [-0.2, 0) is 28.3 Å². The van der Waals surface area contributed by atoms with E-state index in [9.17, 15) is 14.4 Å². The van der Waals surface area contributed by atoms with Crippen molar-refractivity contribution in [2.75, 3.05) is 0 Å². The summed E-state index contributed by atoms with van der Waals surface area (Å²) in [6, 6.07) is 0. The summed E-state index contributed by atoms with van der Waals surface area (Å²) in [5.41, 5.74) is 0. The van der Waals surface area contributed by atoms with Gasteiger partial charge in [0.2, 0.25) is 0 Å². The van der Waals surface area contributed by atoms with Crippen molar-refractivity contribution in [2.45, 2.75) is 252 Å². The normalized spacial score (nSPS) is 11.1. The van der Waals surface area contributed by atoms with Crippen molar-refractivity contribution in [1.82, 2.24) is 0 Å². The average Bonchev–Trinajstić information content (AvgIpc) is 3.08. The smallest absolute Gasteiger partial charge is 0.462 e. The first-order chi connectivity index (χ1) is 24.0. The molecule has 0 bridgehead atoms. The molecule has 0 saturated carbocycles. The Bertz CT molecular complexity index is 635. The molecule has 0 unspecified atom stereocenters. The molecule has 0 aliphatic heterocycles. The van der Waals surface area contributed by atoms with Gasteiger partial charge < -0.3 is 14.0 Å². The highest BCUT2D eigenvalue weighted by Crippen LogP contribution is 2.16. The molecule has 0 heterocycles. The van der Waals surface area contributed by atoms with Gasteiger partial charge in [-0.15, -0.1) is 0 Å². The molecule has 0 aliphatic rings. The molecular formula is C42H81BO6. The monoisotopic (exact) mass is 693 g/mol. The van der Waals surface area contributed by atoms with Crippen molar-refractivity contribution >= 4 is 25.2 Å². The molecule has 288 valence electrons. The van der Waals surface area contributed by atoms with Gasteiger partial charge in [-0.25, -0.2) is 0 Å². The first-order valence-electron chi connectivity index (χ1n) is 21.6. The fraction of sp³-hybridized carbons (Fsp3) is 0.929. The number of hydrogen-bond acceptors (Lipinski definition) is 6. The van der Waals surface area contributed by atoms with Crippen molar-refractivity contribution in [3.05, 3.63) is 0 Å². The minimum absolute atomic E-state index is 0.236. The Morgan fingerprint density at radius 1 is 0.286 bits per heavy atom. The van der Waals surface area contributed by atoms with Crippen LogP contribution in [0.1, 0.15) is 252 Å². The van der Waals surface area contributed by atoms with Crippen molar-refractivity contribution in [2.24, 2.45) is 0 Å². The zero-order chi connectivity index (χ0) is 35.9. The number of carbonyl (C=O) groups excluding carboxylic acids is 3. The Morgan fingerprint density at radius 2 is 0.449 bits per heavy atom. The third kappa shape index (κ3) is 37.6. The Balaban J connectivity index is 4.35. The van der Waals surface area contributed by atoms with Crippen LogP contribution in [0.25, 0.3) is 0 Å². The standard InChI is InChI=1S/C42H81BO6/c1-4-7-10-13-16-19-22-25-28-31-34-37-40(44)47-43(48-41(45)38-35-32-29-26-23-20-17-14-11-8-5-2)49-42(46)39-36-33-30-27-24-21-18-15-12-9-6-3/h4-39H2,1-3H3.